The lowest BCUT2D eigenvalue weighted by molar-refractivity contribution is 0.953. The Hall–Kier alpha value is -7.89. The minimum absolute atomic E-state index is 0.584. The summed E-state index contributed by atoms with van der Waals surface area (Å²) in [6.45, 7) is 0. The summed E-state index contributed by atoms with van der Waals surface area (Å²) >= 11 is 0. The molecule has 0 aliphatic heterocycles. The zero-order chi connectivity index (χ0) is 38.2. The van der Waals surface area contributed by atoms with Crippen molar-refractivity contribution < 1.29 is 0 Å². The second-order valence-electron chi connectivity index (χ2n) is 14.9. The van der Waals surface area contributed by atoms with Crippen molar-refractivity contribution in [2.24, 2.45) is 0 Å². The summed E-state index contributed by atoms with van der Waals surface area (Å²) in [5, 5.41) is 7.34. The first-order chi connectivity index (χ1) is 28.7. The summed E-state index contributed by atoms with van der Waals surface area (Å²) < 4.78 is 4.63. The average molecular weight is 740 g/mol. The number of hydrogen-bond donors (Lipinski definition) is 0. The zero-order valence-corrected chi connectivity index (χ0v) is 31.3. The van der Waals surface area contributed by atoms with E-state index in [1.807, 2.05) is 60.7 Å². The van der Waals surface area contributed by atoms with E-state index in [0.717, 1.165) is 49.7 Å². The molecule has 0 aliphatic carbocycles. The van der Waals surface area contributed by atoms with E-state index in [0.29, 0.717) is 17.6 Å². The number of para-hydroxylation sites is 1. The van der Waals surface area contributed by atoms with Crippen LogP contribution in [0.15, 0.2) is 200 Å². The number of fused-ring (bicyclic) bond motifs is 3. The molecule has 0 N–H and O–H groups in total. The molecule has 0 saturated heterocycles. The van der Waals surface area contributed by atoms with Crippen LogP contribution in [0.2, 0.25) is 0 Å². The highest BCUT2D eigenvalue weighted by Gasteiger charge is 2.21. The van der Waals surface area contributed by atoms with Crippen LogP contribution in [0.3, 0.4) is 0 Å². The van der Waals surface area contributed by atoms with Crippen molar-refractivity contribution in [1.82, 2.24) is 24.1 Å². The molecule has 0 saturated carbocycles. The standard InChI is InChI=1S/C53H33N5/c1-4-14-34(15-5-1)38-21-12-22-42(31-38)57-47-25-13-20-35-26-27-40-30-41(33-48(57)50(40)49(35)47)39-28-29-46-44(32-39)43-23-10-11-24-45(43)58(46)53-55-51(36-16-6-2-7-17-36)54-52(56-53)37-18-8-3-9-19-37/h1-33H. The first-order valence-corrected chi connectivity index (χ1v) is 19.6. The van der Waals surface area contributed by atoms with E-state index < -0.39 is 0 Å². The van der Waals surface area contributed by atoms with Crippen LogP contribution in [0.5, 0.6) is 0 Å². The molecule has 0 aliphatic rings. The minimum Gasteiger partial charge on any atom is -0.309 e. The molecule has 0 radical (unpaired) electrons. The van der Waals surface area contributed by atoms with Crippen molar-refractivity contribution in [2.75, 3.05) is 0 Å². The van der Waals surface area contributed by atoms with E-state index in [-0.39, 0.29) is 0 Å². The van der Waals surface area contributed by atoms with Gasteiger partial charge in [-0.3, -0.25) is 4.57 Å². The Kier molecular flexibility index (Phi) is 7.16. The molecule has 0 amide bonds. The van der Waals surface area contributed by atoms with E-state index in [4.69, 9.17) is 15.0 Å². The van der Waals surface area contributed by atoms with Gasteiger partial charge in [0.05, 0.1) is 22.1 Å². The molecule has 12 aromatic rings. The molecule has 0 atom stereocenters. The Morgan fingerprint density at radius 1 is 0.293 bits per heavy atom. The molecule has 12 rings (SSSR count). The largest absolute Gasteiger partial charge is 0.309 e. The first-order valence-electron chi connectivity index (χ1n) is 19.6. The Morgan fingerprint density at radius 2 is 0.879 bits per heavy atom. The summed E-state index contributed by atoms with van der Waals surface area (Å²) in [6.07, 6.45) is 0. The van der Waals surface area contributed by atoms with Crippen molar-refractivity contribution in [2.45, 2.75) is 0 Å². The number of hydrogen-bond acceptors (Lipinski definition) is 3. The van der Waals surface area contributed by atoms with Gasteiger partial charge in [0, 0.05) is 38.4 Å². The van der Waals surface area contributed by atoms with Gasteiger partial charge in [-0.1, -0.05) is 152 Å². The molecule has 0 unspecified atom stereocenters. The average Bonchev–Trinajstić information content (AvgIpc) is 3.82. The number of benzene rings is 9. The summed E-state index contributed by atoms with van der Waals surface area (Å²) in [5.41, 5.74) is 12.2. The van der Waals surface area contributed by atoms with Gasteiger partial charge in [0.25, 0.3) is 0 Å². The van der Waals surface area contributed by atoms with Gasteiger partial charge in [-0.2, -0.15) is 9.97 Å². The molecule has 0 bridgehead atoms. The van der Waals surface area contributed by atoms with Crippen LogP contribution in [0.25, 0.3) is 111 Å². The van der Waals surface area contributed by atoms with E-state index >= 15 is 0 Å². The second-order valence-corrected chi connectivity index (χ2v) is 14.9. The summed E-state index contributed by atoms with van der Waals surface area (Å²) in [4.78, 5) is 15.2. The highest BCUT2D eigenvalue weighted by molar-refractivity contribution is 6.25. The lowest BCUT2D eigenvalue weighted by atomic mass is 9.96. The first kappa shape index (κ1) is 32.4. The highest BCUT2D eigenvalue weighted by atomic mass is 15.2. The molecule has 9 aromatic carbocycles. The van der Waals surface area contributed by atoms with Crippen molar-refractivity contribution in [1.29, 1.82) is 0 Å². The van der Waals surface area contributed by atoms with Gasteiger partial charge in [-0.05, 0) is 81.6 Å². The molecular weight excluding hydrogens is 707 g/mol. The number of aromatic nitrogens is 5. The van der Waals surface area contributed by atoms with Crippen molar-refractivity contribution >= 4 is 54.4 Å². The van der Waals surface area contributed by atoms with Crippen LogP contribution >= 0.6 is 0 Å². The monoisotopic (exact) mass is 739 g/mol. The molecule has 3 aromatic heterocycles. The van der Waals surface area contributed by atoms with Crippen LogP contribution in [-0.2, 0) is 0 Å². The van der Waals surface area contributed by atoms with Gasteiger partial charge in [0.1, 0.15) is 0 Å². The fourth-order valence-electron chi connectivity index (χ4n) is 8.86. The van der Waals surface area contributed by atoms with Crippen molar-refractivity contribution in [3.05, 3.63) is 200 Å². The summed E-state index contributed by atoms with van der Waals surface area (Å²) in [7, 11) is 0. The SMILES string of the molecule is c1ccc(-c2cccc(-n3c4cccc5ccc6cc(-c7ccc8c(c7)c7ccccc7n8-c7nc(-c8ccccc8)nc(-c8ccccc8)n7)cc3c6c54)c2)cc1. The van der Waals surface area contributed by atoms with E-state index in [1.165, 1.54) is 43.7 Å². The van der Waals surface area contributed by atoms with Crippen LogP contribution in [-0.4, -0.2) is 24.1 Å². The molecule has 5 nitrogen and oxygen atoms in total. The third-order valence-corrected chi connectivity index (χ3v) is 11.5. The molecule has 270 valence electrons. The quantitative estimate of drug-likeness (QED) is 0.160. The molecule has 0 spiro atoms. The topological polar surface area (TPSA) is 48.5 Å². The molecular formula is C53H33N5. The number of rotatable bonds is 6. The smallest absolute Gasteiger partial charge is 0.238 e. The maximum Gasteiger partial charge on any atom is 0.238 e. The van der Waals surface area contributed by atoms with E-state index in [2.05, 4.69) is 149 Å². The lowest BCUT2D eigenvalue weighted by Crippen LogP contribution is -2.06. The van der Waals surface area contributed by atoms with Gasteiger partial charge in [0.2, 0.25) is 5.95 Å². The number of nitrogens with zero attached hydrogens (tertiary/aromatic N) is 5. The fraction of sp³-hybridized carbons (Fsp3) is 0. The zero-order valence-electron chi connectivity index (χ0n) is 31.3. The van der Waals surface area contributed by atoms with Gasteiger partial charge < -0.3 is 4.57 Å². The van der Waals surface area contributed by atoms with Gasteiger partial charge in [-0.25, -0.2) is 4.98 Å². The maximum absolute atomic E-state index is 5.13. The Labute approximate surface area is 334 Å². The Balaban J connectivity index is 1.07. The van der Waals surface area contributed by atoms with Crippen LogP contribution in [0.4, 0.5) is 0 Å². The third kappa shape index (κ3) is 5.07. The molecule has 0 fully saturated rings. The minimum atomic E-state index is 0.584. The normalized spacial score (nSPS) is 11.8. The van der Waals surface area contributed by atoms with Crippen LogP contribution in [0.1, 0.15) is 0 Å². The second kappa shape index (κ2) is 12.8. The molecule has 58 heavy (non-hydrogen) atoms. The van der Waals surface area contributed by atoms with Gasteiger partial charge >= 0.3 is 0 Å². The molecule has 5 heteroatoms. The summed E-state index contributed by atoms with van der Waals surface area (Å²) in [6, 6.07) is 71.1. The van der Waals surface area contributed by atoms with E-state index in [1.54, 1.807) is 0 Å². The molecule has 3 heterocycles. The lowest BCUT2D eigenvalue weighted by Gasteiger charge is -2.12. The van der Waals surface area contributed by atoms with Crippen molar-refractivity contribution in [3.8, 4) is 56.7 Å². The van der Waals surface area contributed by atoms with E-state index in [9.17, 15) is 0 Å². The third-order valence-electron chi connectivity index (χ3n) is 11.5. The van der Waals surface area contributed by atoms with Crippen molar-refractivity contribution in [3.63, 3.8) is 0 Å². The Bertz CT molecular complexity index is 3440. The van der Waals surface area contributed by atoms with Gasteiger partial charge in [-0.15, -0.1) is 0 Å². The summed E-state index contributed by atoms with van der Waals surface area (Å²) in [5.74, 6) is 1.85. The van der Waals surface area contributed by atoms with Gasteiger partial charge in [0.15, 0.2) is 11.6 Å². The van der Waals surface area contributed by atoms with Crippen LogP contribution < -0.4 is 0 Å². The predicted octanol–water partition coefficient (Wildman–Crippen LogP) is 13.3. The predicted molar refractivity (Wildman–Crippen MR) is 239 cm³/mol. The Morgan fingerprint density at radius 3 is 1.64 bits per heavy atom. The maximum atomic E-state index is 5.13. The fourth-order valence-corrected chi connectivity index (χ4v) is 8.86. The van der Waals surface area contributed by atoms with Crippen LogP contribution in [0, 0.1) is 0 Å². The highest BCUT2D eigenvalue weighted by Crippen LogP contribution is 2.43.